The van der Waals surface area contributed by atoms with Crippen LogP contribution >= 0.6 is 12.2 Å². The Morgan fingerprint density at radius 2 is 1.68 bits per heavy atom. The fourth-order valence-corrected chi connectivity index (χ4v) is 6.20. The number of methoxy groups -OCH3 is 2. The number of benzene rings is 3. The molecule has 2 aliphatic heterocycles. The largest absolute Gasteiger partial charge is 0.502 e. The first kappa shape index (κ1) is 26.7. The summed E-state index contributed by atoms with van der Waals surface area (Å²) in [5, 5.41) is 16.7. The van der Waals surface area contributed by atoms with Gasteiger partial charge in [-0.2, -0.15) is 0 Å². The molecule has 2 heterocycles. The van der Waals surface area contributed by atoms with Crippen molar-refractivity contribution in [2.24, 2.45) is 11.8 Å². The van der Waals surface area contributed by atoms with Gasteiger partial charge >= 0.3 is 5.97 Å². The number of ether oxygens (including phenoxy) is 5. The first-order valence-electron chi connectivity index (χ1n) is 13.0. The predicted octanol–water partition coefficient (Wildman–Crippen LogP) is 3.73. The summed E-state index contributed by atoms with van der Waals surface area (Å²) in [6.07, 6.45) is 0. The topological polar surface area (TPSA) is 125 Å². The van der Waals surface area contributed by atoms with Crippen LogP contribution in [0.4, 0.5) is 0 Å². The number of carbonyl (C=O) groups excluding carboxylic acids is 2. The van der Waals surface area contributed by atoms with Gasteiger partial charge in [-0.1, -0.05) is 17.7 Å². The van der Waals surface area contributed by atoms with Crippen molar-refractivity contribution in [3.63, 3.8) is 0 Å². The minimum Gasteiger partial charge on any atom is -0.502 e. The third kappa shape index (κ3) is 4.65. The molecule has 3 N–H and O–H groups in total. The maximum atomic E-state index is 13.3. The molecule has 3 aromatic carbocycles. The third-order valence-corrected chi connectivity index (χ3v) is 8.06. The standard InChI is InChI=1S/C30H28N2O8S/c1-14-5-4-6-15(7-14)28(34)32-30(41)31-26-18-11-21-20(39-13-40-21)10-17(18)24(25-19(26)12-38-29(25)35)16-8-22(36-2)27(33)23(9-16)37-3/h4-11,19,24-26,33H,12-13H2,1-3H3,(H2,31,32,34,41)/t19-,24+,25-,26+/m0/s1. The minimum atomic E-state index is -0.616. The summed E-state index contributed by atoms with van der Waals surface area (Å²) in [7, 11) is 2.90. The number of esters is 1. The highest BCUT2D eigenvalue weighted by molar-refractivity contribution is 7.80. The molecule has 1 saturated heterocycles. The number of aryl methyl sites for hydroxylation is 1. The summed E-state index contributed by atoms with van der Waals surface area (Å²) in [5.41, 5.74) is 3.73. The van der Waals surface area contributed by atoms with Gasteiger partial charge in [-0.25, -0.2) is 0 Å². The van der Waals surface area contributed by atoms with E-state index in [1.165, 1.54) is 14.2 Å². The lowest BCUT2D eigenvalue weighted by Crippen LogP contribution is -2.47. The average molecular weight is 577 g/mol. The highest BCUT2D eigenvalue weighted by Gasteiger charge is 2.53. The van der Waals surface area contributed by atoms with Crippen LogP contribution in [0.1, 0.15) is 44.6 Å². The zero-order valence-electron chi connectivity index (χ0n) is 22.6. The van der Waals surface area contributed by atoms with Crippen LogP contribution in [0.25, 0.3) is 0 Å². The molecular weight excluding hydrogens is 548 g/mol. The fraction of sp³-hybridized carbons (Fsp3) is 0.300. The second-order valence-corrected chi connectivity index (χ2v) is 10.6. The van der Waals surface area contributed by atoms with Crippen LogP contribution in [0, 0.1) is 18.8 Å². The quantitative estimate of drug-likeness (QED) is 0.306. The highest BCUT2D eigenvalue weighted by Crippen LogP contribution is 2.55. The second-order valence-electron chi connectivity index (χ2n) is 10.2. The third-order valence-electron chi connectivity index (χ3n) is 7.84. The molecule has 10 nitrogen and oxygen atoms in total. The van der Waals surface area contributed by atoms with Crippen molar-refractivity contribution in [2.45, 2.75) is 18.9 Å². The lowest BCUT2D eigenvalue weighted by Gasteiger charge is -2.40. The van der Waals surface area contributed by atoms with Gasteiger partial charge in [0.2, 0.25) is 12.5 Å². The molecule has 0 saturated carbocycles. The van der Waals surface area contributed by atoms with Crippen LogP contribution in [-0.4, -0.2) is 49.7 Å². The Morgan fingerprint density at radius 3 is 2.34 bits per heavy atom. The molecular formula is C30H28N2O8S. The van der Waals surface area contributed by atoms with Crippen LogP contribution in [0.2, 0.25) is 0 Å². The molecule has 0 bridgehead atoms. The highest BCUT2D eigenvalue weighted by atomic mass is 32.1. The van der Waals surface area contributed by atoms with Gasteiger partial charge in [-0.3, -0.25) is 14.9 Å². The van der Waals surface area contributed by atoms with Crippen LogP contribution in [0.15, 0.2) is 48.5 Å². The van der Waals surface area contributed by atoms with Crippen LogP contribution in [0.3, 0.4) is 0 Å². The number of carbonyl (C=O) groups is 2. The fourth-order valence-electron chi connectivity index (χ4n) is 5.98. The van der Waals surface area contributed by atoms with Crippen molar-refractivity contribution >= 4 is 29.2 Å². The zero-order valence-corrected chi connectivity index (χ0v) is 23.4. The number of phenols is 1. The number of nitrogens with one attached hydrogen (secondary N) is 2. The van der Waals surface area contributed by atoms with Crippen LogP contribution in [0.5, 0.6) is 28.7 Å². The summed E-state index contributed by atoms with van der Waals surface area (Å²) in [4.78, 5) is 26.2. The van der Waals surface area contributed by atoms with Gasteiger partial charge in [0.1, 0.15) is 0 Å². The number of fused-ring (bicyclic) bond motifs is 3. The molecule has 0 aromatic heterocycles. The van der Waals surface area contributed by atoms with E-state index in [0.717, 1.165) is 16.7 Å². The van der Waals surface area contributed by atoms with Crippen LogP contribution < -0.4 is 29.6 Å². The molecule has 1 amide bonds. The van der Waals surface area contributed by atoms with E-state index < -0.39 is 17.9 Å². The number of cyclic esters (lactones) is 1. The number of rotatable bonds is 5. The van der Waals surface area contributed by atoms with E-state index in [9.17, 15) is 14.7 Å². The van der Waals surface area contributed by atoms with Crippen molar-refractivity contribution in [3.8, 4) is 28.7 Å². The van der Waals surface area contributed by atoms with Gasteiger partial charge in [-0.05, 0) is 72.2 Å². The van der Waals surface area contributed by atoms with E-state index in [1.54, 1.807) is 30.3 Å². The molecule has 41 heavy (non-hydrogen) atoms. The molecule has 3 aliphatic rings. The molecule has 0 radical (unpaired) electrons. The Labute approximate surface area is 241 Å². The number of hydrogen-bond donors (Lipinski definition) is 3. The molecule has 0 spiro atoms. The maximum absolute atomic E-state index is 13.3. The Morgan fingerprint density at radius 1 is 1.00 bits per heavy atom. The van der Waals surface area contributed by atoms with Gasteiger partial charge in [-0.15, -0.1) is 0 Å². The summed E-state index contributed by atoms with van der Waals surface area (Å²) >= 11 is 5.58. The summed E-state index contributed by atoms with van der Waals surface area (Å²) in [6, 6.07) is 13.8. The number of hydrogen-bond acceptors (Lipinski definition) is 9. The molecule has 11 heteroatoms. The smallest absolute Gasteiger partial charge is 0.310 e. The number of phenolic OH excluding ortho intramolecular Hbond substituents is 1. The number of aromatic hydroxyl groups is 1. The molecule has 6 rings (SSSR count). The van der Waals surface area contributed by atoms with E-state index >= 15 is 0 Å². The van der Waals surface area contributed by atoms with E-state index in [1.807, 2.05) is 25.1 Å². The molecule has 4 atom stereocenters. The Balaban J connectivity index is 1.42. The van der Waals surface area contributed by atoms with Gasteiger partial charge in [0.25, 0.3) is 5.91 Å². The van der Waals surface area contributed by atoms with Gasteiger partial charge in [0, 0.05) is 17.4 Å². The van der Waals surface area contributed by atoms with Crippen molar-refractivity contribution < 1.29 is 38.4 Å². The van der Waals surface area contributed by atoms with E-state index in [0.29, 0.717) is 22.6 Å². The monoisotopic (exact) mass is 576 g/mol. The van der Waals surface area contributed by atoms with Crippen molar-refractivity contribution in [1.82, 2.24) is 10.6 Å². The van der Waals surface area contributed by atoms with Gasteiger partial charge in [0.15, 0.2) is 28.1 Å². The van der Waals surface area contributed by atoms with Gasteiger partial charge < -0.3 is 34.1 Å². The lowest BCUT2D eigenvalue weighted by atomic mass is 9.65. The molecule has 3 aromatic rings. The Kier molecular flexibility index (Phi) is 6.82. The Bertz CT molecular complexity index is 1550. The van der Waals surface area contributed by atoms with Crippen molar-refractivity contribution in [3.05, 3.63) is 76.3 Å². The van der Waals surface area contributed by atoms with Crippen molar-refractivity contribution in [1.29, 1.82) is 0 Å². The Hall–Kier alpha value is -4.51. The first-order valence-corrected chi connectivity index (χ1v) is 13.4. The van der Waals surface area contributed by atoms with Crippen molar-refractivity contribution in [2.75, 3.05) is 27.6 Å². The summed E-state index contributed by atoms with van der Waals surface area (Å²) in [5.74, 6) is -0.764. The molecule has 1 aliphatic carbocycles. The van der Waals surface area contributed by atoms with E-state index in [4.69, 9.17) is 35.9 Å². The van der Waals surface area contributed by atoms with E-state index in [-0.39, 0.29) is 53.6 Å². The zero-order chi connectivity index (χ0) is 28.8. The maximum Gasteiger partial charge on any atom is 0.310 e. The first-order chi connectivity index (χ1) is 19.8. The predicted molar refractivity (Wildman–Crippen MR) is 151 cm³/mol. The normalized spacial score (nSPS) is 21.8. The second kappa shape index (κ2) is 10.5. The minimum absolute atomic E-state index is 0.0711. The molecule has 0 unspecified atom stereocenters. The molecule has 212 valence electrons. The SMILES string of the molecule is COc1cc([C@@H]2c3cc4c(cc3[C@@H](NC(=S)NC(=O)c3cccc(C)c3)[C@H]3COC(=O)[C@H]23)OCO4)cc(OC)c1O. The average Bonchev–Trinajstić information content (AvgIpc) is 3.58. The van der Waals surface area contributed by atoms with E-state index in [2.05, 4.69) is 10.6 Å². The molecule has 1 fully saturated rings. The number of amides is 1. The van der Waals surface area contributed by atoms with Crippen LogP contribution in [-0.2, 0) is 9.53 Å². The summed E-state index contributed by atoms with van der Waals surface area (Å²) in [6.45, 7) is 2.12. The number of thiocarbonyl (C=S) groups is 1. The van der Waals surface area contributed by atoms with Gasteiger partial charge in [0.05, 0.1) is 32.8 Å². The lowest BCUT2D eigenvalue weighted by molar-refractivity contribution is -0.141. The summed E-state index contributed by atoms with van der Waals surface area (Å²) < 4.78 is 27.8.